The summed E-state index contributed by atoms with van der Waals surface area (Å²) in [6, 6.07) is 7.47. The Bertz CT molecular complexity index is 482. The van der Waals surface area contributed by atoms with Crippen molar-refractivity contribution < 1.29 is 4.39 Å². The second-order valence-corrected chi connectivity index (χ2v) is 5.77. The van der Waals surface area contributed by atoms with Gasteiger partial charge in [-0.25, -0.2) is 4.39 Å². The van der Waals surface area contributed by atoms with Gasteiger partial charge in [-0.05, 0) is 45.4 Å². The summed E-state index contributed by atoms with van der Waals surface area (Å²) in [4.78, 5) is 6.89. The molecule has 0 saturated carbocycles. The van der Waals surface area contributed by atoms with E-state index in [9.17, 15) is 4.39 Å². The lowest BCUT2D eigenvalue weighted by Crippen LogP contribution is -2.39. The maximum Gasteiger partial charge on any atom is 0.191 e. The molecule has 0 aliphatic carbocycles. The van der Waals surface area contributed by atoms with Crippen LogP contribution in [-0.4, -0.2) is 50.1 Å². The first-order valence-corrected chi connectivity index (χ1v) is 8.54. The lowest BCUT2D eigenvalue weighted by molar-refractivity contribution is 0.259. The normalized spacial score (nSPS) is 12.7. The van der Waals surface area contributed by atoms with Crippen LogP contribution in [0.5, 0.6) is 0 Å². The summed E-state index contributed by atoms with van der Waals surface area (Å²) in [7, 11) is 2.13. The van der Waals surface area contributed by atoms with Gasteiger partial charge in [-0.1, -0.05) is 25.1 Å². The molecule has 2 N–H and O–H groups in total. The minimum absolute atomic E-state index is 0. The molecule has 1 unspecified atom stereocenters. The lowest BCUT2D eigenvalue weighted by Gasteiger charge is -2.22. The Hall–Kier alpha value is -0.890. The van der Waals surface area contributed by atoms with Crippen molar-refractivity contribution in [2.45, 2.75) is 39.7 Å². The van der Waals surface area contributed by atoms with Crippen LogP contribution >= 0.6 is 24.0 Å². The van der Waals surface area contributed by atoms with E-state index in [1.54, 1.807) is 6.07 Å². The topological polar surface area (TPSA) is 39.7 Å². The Kier molecular flexibility index (Phi) is 12.9. The molecule has 1 atom stereocenters. The number of guanidine groups is 1. The fourth-order valence-electron chi connectivity index (χ4n) is 2.21. The van der Waals surface area contributed by atoms with Crippen molar-refractivity contribution in [3.8, 4) is 0 Å². The molecule has 0 spiro atoms. The van der Waals surface area contributed by atoms with Gasteiger partial charge in [0.25, 0.3) is 0 Å². The third kappa shape index (κ3) is 8.82. The molecule has 0 aliphatic rings. The Labute approximate surface area is 163 Å². The second kappa shape index (κ2) is 13.4. The van der Waals surface area contributed by atoms with E-state index < -0.39 is 0 Å². The van der Waals surface area contributed by atoms with Crippen LogP contribution in [0.15, 0.2) is 29.3 Å². The summed E-state index contributed by atoms with van der Waals surface area (Å²) in [6.07, 6.45) is 1.78. The monoisotopic (exact) mass is 450 g/mol. The molecule has 0 amide bonds. The highest BCUT2D eigenvalue weighted by Gasteiger charge is 2.06. The summed E-state index contributed by atoms with van der Waals surface area (Å²) in [6.45, 7) is 9.61. The van der Waals surface area contributed by atoms with Crippen LogP contribution in [0.2, 0.25) is 0 Å². The van der Waals surface area contributed by atoms with E-state index >= 15 is 0 Å². The summed E-state index contributed by atoms with van der Waals surface area (Å²) in [5.41, 5.74) is 0.729. The van der Waals surface area contributed by atoms with Gasteiger partial charge in [-0.2, -0.15) is 0 Å². The second-order valence-electron chi connectivity index (χ2n) is 5.77. The number of rotatable bonds is 9. The minimum Gasteiger partial charge on any atom is -0.357 e. The van der Waals surface area contributed by atoms with Crippen LogP contribution in [0.25, 0.3) is 0 Å². The number of halogens is 2. The number of aliphatic imine (C=N–C) groups is 1. The van der Waals surface area contributed by atoms with Crippen LogP contribution in [-0.2, 0) is 6.42 Å². The van der Waals surface area contributed by atoms with Crippen LogP contribution < -0.4 is 10.6 Å². The average molecular weight is 450 g/mol. The molecule has 0 fully saturated rings. The van der Waals surface area contributed by atoms with E-state index in [2.05, 4.69) is 41.4 Å². The van der Waals surface area contributed by atoms with Crippen LogP contribution in [0.3, 0.4) is 0 Å². The summed E-state index contributed by atoms with van der Waals surface area (Å²) in [5.74, 6) is 0.646. The predicted molar refractivity (Wildman–Crippen MR) is 112 cm³/mol. The zero-order chi connectivity index (χ0) is 17.1. The van der Waals surface area contributed by atoms with Crippen LogP contribution in [0.1, 0.15) is 32.8 Å². The highest BCUT2D eigenvalue weighted by Crippen LogP contribution is 2.06. The molecule has 1 aromatic carbocycles. The first kappa shape index (κ1) is 23.1. The van der Waals surface area contributed by atoms with Crippen molar-refractivity contribution >= 4 is 29.9 Å². The molecular weight excluding hydrogens is 418 g/mol. The number of nitrogens with zero attached hydrogens (tertiary/aromatic N) is 2. The third-order valence-electron chi connectivity index (χ3n) is 4.05. The summed E-state index contributed by atoms with van der Waals surface area (Å²) >= 11 is 0. The fourth-order valence-corrected chi connectivity index (χ4v) is 2.21. The molecule has 1 rings (SSSR count). The van der Waals surface area contributed by atoms with Gasteiger partial charge in [0.2, 0.25) is 0 Å². The van der Waals surface area contributed by atoms with Crippen molar-refractivity contribution in [2.24, 2.45) is 4.99 Å². The number of nitrogens with one attached hydrogen (secondary N) is 2. The van der Waals surface area contributed by atoms with Gasteiger partial charge in [0.15, 0.2) is 5.96 Å². The molecule has 0 bridgehead atoms. The van der Waals surface area contributed by atoms with Gasteiger partial charge in [0.05, 0.1) is 6.54 Å². The molecule has 0 aliphatic heterocycles. The fraction of sp³-hybridized carbons (Fsp3) is 0.611. The lowest BCUT2D eigenvalue weighted by atomic mass is 10.1. The Morgan fingerprint density at radius 2 is 1.96 bits per heavy atom. The first-order valence-electron chi connectivity index (χ1n) is 8.54. The molecule has 0 radical (unpaired) electrons. The van der Waals surface area contributed by atoms with E-state index in [1.807, 2.05) is 19.1 Å². The van der Waals surface area contributed by atoms with Crippen molar-refractivity contribution in [1.29, 1.82) is 0 Å². The highest BCUT2D eigenvalue weighted by molar-refractivity contribution is 14.0. The third-order valence-corrected chi connectivity index (χ3v) is 4.05. The number of hydrogen-bond acceptors (Lipinski definition) is 2. The zero-order valence-corrected chi connectivity index (χ0v) is 17.6. The SMILES string of the molecule is CCNC(=NCCN(C)C(C)CC)NCCc1ccccc1F.I. The van der Waals surface area contributed by atoms with E-state index in [0.29, 0.717) is 19.0 Å². The number of benzene rings is 1. The largest absolute Gasteiger partial charge is 0.357 e. The van der Waals surface area contributed by atoms with Crippen LogP contribution in [0, 0.1) is 5.82 Å². The molecule has 0 heterocycles. The standard InChI is InChI=1S/C18H31FN4.HI/c1-5-15(3)23(4)14-13-22-18(20-6-2)21-12-11-16-9-7-8-10-17(16)19;/h7-10,15H,5-6,11-14H2,1-4H3,(H2,20,21,22);1H. The number of likely N-dealkylation sites (N-methyl/N-ethyl adjacent to an activating group) is 1. The Morgan fingerprint density at radius 1 is 1.25 bits per heavy atom. The Balaban J connectivity index is 0.00000529. The summed E-state index contributed by atoms with van der Waals surface area (Å²) < 4.78 is 13.6. The van der Waals surface area contributed by atoms with E-state index in [4.69, 9.17) is 0 Å². The van der Waals surface area contributed by atoms with Crippen molar-refractivity contribution in [2.75, 3.05) is 33.2 Å². The van der Waals surface area contributed by atoms with E-state index in [-0.39, 0.29) is 29.8 Å². The predicted octanol–water partition coefficient (Wildman–Crippen LogP) is 3.27. The quantitative estimate of drug-likeness (QED) is 0.345. The number of hydrogen-bond donors (Lipinski definition) is 2. The maximum absolute atomic E-state index is 13.6. The molecular formula is C18H32FIN4. The average Bonchev–Trinajstić information content (AvgIpc) is 2.55. The van der Waals surface area contributed by atoms with Crippen molar-refractivity contribution in [3.05, 3.63) is 35.6 Å². The molecule has 6 heteroatoms. The van der Waals surface area contributed by atoms with Gasteiger partial charge in [-0.15, -0.1) is 24.0 Å². The van der Waals surface area contributed by atoms with Crippen LogP contribution in [0.4, 0.5) is 4.39 Å². The first-order chi connectivity index (χ1) is 11.1. The maximum atomic E-state index is 13.6. The van der Waals surface area contributed by atoms with Crippen molar-refractivity contribution in [3.63, 3.8) is 0 Å². The van der Waals surface area contributed by atoms with Gasteiger partial charge in [-0.3, -0.25) is 4.99 Å². The van der Waals surface area contributed by atoms with E-state index in [1.165, 1.54) is 6.07 Å². The highest BCUT2D eigenvalue weighted by atomic mass is 127. The van der Waals surface area contributed by atoms with Gasteiger partial charge >= 0.3 is 0 Å². The molecule has 0 saturated heterocycles. The molecule has 1 aromatic rings. The van der Waals surface area contributed by atoms with Gasteiger partial charge in [0.1, 0.15) is 5.82 Å². The van der Waals surface area contributed by atoms with Crippen molar-refractivity contribution in [1.82, 2.24) is 15.5 Å². The molecule has 138 valence electrons. The van der Waals surface area contributed by atoms with Gasteiger partial charge in [0, 0.05) is 25.7 Å². The van der Waals surface area contributed by atoms with E-state index in [0.717, 1.165) is 37.6 Å². The molecule has 0 aromatic heterocycles. The Morgan fingerprint density at radius 3 is 2.58 bits per heavy atom. The minimum atomic E-state index is -0.147. The molecule has 4 nitrogen and oxygen atoms in total. The van der Waals surface area contributed by atoms with Gasteiger partial charge < -0.3 is 15.5 Å². The molecule has 24 heavy (non-hydrogen) atoms. The zero-order valence-electron chi connectivity index (χ0n) is 15.3. The smallest absolute Gasteiger partial charge is 0.191 e. The summed E-state index contributed by atoms with van der Waals surface area (Å²) in [5, 5.41) is 6.49.